The number of carboxylic acids is 1. The minimum Gasteiger partial charge on any atom is -0.481 e. The van der Waals surface area contributed by atoms with Crippen molar-refractivity contribution < 1.29 is 14.7 Å². The molecule has 6 nitrogen and oxygen atoms in total. The Labute approximate surface area is 116 Å². The van der Waals surface area contributed by atoms with Crippen molar-refractivity contribution >= 4 is 23.3 Å². The van der Waals surface area contributed by atoms with Crippen molar-refractivity contribution in [2.45, 2.75) is 32.7 Å². The van der Waals surface area contributed by atoms with Crippen LogP contribution in [0.4, 0.5) is 4.79 Å². The third-order valence-electron chi connectivity index (χ3n) is 2.53. The summed E-state index contributed by atoms with van der Waals surface area (Å²) in [6.45, 7) is 5.84. The van der Waals surface area contributed by atoms with Gasteiger partial charge in [-0.2, -0.15) is 0 Å². The zero-order chi connectivity index (χ0) is 14.5. The molecular formula is C12H19N3O3S. The maximum absolute atomic E-state index is 11.8. The van der Waals surface area contributed by atoms with Crippen LogP contribution in [0, 0.1) is 5.92 Å². The van der Waals surface area contributed by atoms with E-state index in [1.165, 1.54) is 11.3 Å². The summed E-state index contributed by atoms with van der Waals surface area (Å²) in [7, 11) is 0. The lowest BCUT2D eigenvalue weighted by Crippen LogP contribution is -2.47. The van der Waals surface area contributed by atoms with Gasteiger partial charge in [0.05, 0.1) is 5.54 Å². The van der Waals surface area contributed by atoms with Gasteiger partial charge in [0, 0.05) is 24.5 Å². The van der Waals surface area contributed by atoms with Gasteiger partial charge >= 0.3 is 12.0 Å². The summed E-state index contributed by atoms with van der Waals surface area (Å²) in [4.78, 5) is 26.4. The van der Waals surface area contributed by atoms with Crippen LogP contribution in [-0.4, -0.2) is 28.6 Å². The molecule has 7 heteroatoms. The Bertz CT molecular complexity index is 431. The number of carboxylic acid groups (broad SMARTS) is 1. The van der Waals surface area contributed by atoms with Crippen LogP contribution >= 0.6 is 11.3 Å². The monoisotopic (exact) mass is 285 g/mol. The number of carbonyl (C=O) groups excluding carboxylic acids is 1. The number of thiazole rings is 1. The van der Waals surface area contributed by atoms with Crippen molar-refractivity contribution in [2.75, 3.05) is 6.54 Å². The van der Waals surface area contributed by atoms with Crippen molar-refractivity contribution in [3.8, 4) is 0 Å². The zero-order valence-corrected chi connectivity index (χ0v) is 12.1. The van der Waals surface area contributed by atoms with Crippen LogP contribution in [0.15, 0.2) is 11.6 Å². The van der Waals surface area contributed by atoms with Crippen LogP contribution < -0.4 is 10.6 Å². The molecule has 0 fully saturated rings. The summed E-state index contributed by atoms with van der Waals surface area (Å²) in [6.07, 6.45) is 1.73. The van der Waals surface area contributed by atoms with E-state index in [2.05, 4.69) is 15.6 Å². The van der Waals surface area contributed by atoms with Gasteiger partial charge < -0.3 is 15.7 Å². The molecule has 0 aromatic carbocycles. The maximum Gasteiger partial charge on any atom is 0.315 e. The third kappa shape index (κ3) is 5.25. The van der Waals surface area contributed by atoms with Crippen molar-refractivity contribution in [1.82, 2.24) is 15.6 Å². The fourth-order valence-electron chi connectivity index (χ4n) is 1.55. The van der Waals surface area contributed by atoms with Gasteiger partial charge in [-0.25, -0.2) is 9.78 Å². The molecule has 0 aliphatic rings. The summed E-state index contributed by atoms with van der Waals surface area (Å²) in [6, 6.07) is -0.322. The van der Waals surface area contributed by atoms with E-state index in [0.29, 0.717) is 6.54 Å². The number of amides is 2. The fourth-order valence-corrected chi connectivity index (χ4v) is 2.27. The lowest BCUT2D eigenvalue weighted by molar-refractivity contribution is -0.137. The van der Waals surface area contributed by atoms with Gasteiger partial charge in [0.25, 0.3) is 0 Å². The van der Waals surface area contributed by atoms with Gasteiger partial charge in [0.1, 0.15) is 5.01 Å². The molecule has 0 aliphatic heterocycles. The van der Waals surface area contributed by atoms with E-state index in [1.807, 2.05) is 19.2 Å². The number of carbonyl (C=O) groups is 2. The topological polar surface area (TPSA) is 91.3 Å². The highest BCUT2D eigenvalue weighted by molar-refractivity contribution is 7.09. The Balaban J connectivity index is 2.41. The van der Waals surface area contributed by atoms with Crippen LogP contribution in [-0.2, 0) is 10.3 Å². The summed E-state index contributed by atoms with van der Waals surface area (Å²) >= 11 is 1.47. The van der Waals surface area contributed by atoms with Crippen molar-refractivity contribution in [3.63, 3.8) is 0 Å². The molecule has 0 radical (unpaired) electrons. The molecule has 1 heterocycles. The SMILES string of the molecule is CC(CNC(=O)NC(C)(C)c1nccs1)CC(=O)O. The number of nitrogens with one attached hydrogen (secondary N) is 2. The lowest BCUT2D eigenvalue weighted by Gasteiger charge is -2.24. The van der Waals surface area contributed by atoms with Crippen molar-refractivity contribution in [1.29, 1.82) is 0 Å². The Morgan fingerprint density at radius 2 is 2.21 bits per heavy atom. The molecule has 1 aromatic heterocycles. The number of aliphatic carboxylic acids is 1. The van der Waals surface area contributed by atoms with Gasteiger partial charge in [-0.15, -0.1) is 11.3 Å². The normalized spacial score (nSPS) is 12.8. The van der Waals surface area contributed by atoms with E-state index >= 15 is 0 Å². The predicted octanol–water partition coefficient (Wildman–Crippen LogP) is 1.79. The average Bonchev–Trinajstić information content (AvgIpc) is 2.78. The smallest absolute Gasteiger partial charge is 0.315 e. The summed E-state index contributed by atoms with van der Waals surface area (Å²) in [5, 5.41) is 16.8. The molecule has 1 unspecified atom stereocenters. The van der Waals surface area contributed by atoms with Gasteiger partial charge in [-0.1, -0.05) is 6.92 Å². The van der Waals surface area contributed by atoms with E-state index in [9.17, 15) is 9.59 Å². The second-order valence-corrected chi connectivity index (χ2v) is 5.89. The van der Waals surface area contributed by atoms with Crippen LogP contribution in [0.2, 0.25) is 0 Å². The van der Waals surface area contributed by atoms with E-state index in [1.54, 1.807) is 13.1 Å². The summed E-state index contributed by atoms with van der Waals surface area (Å²) in [5.41, 5.74) is -0.547. The van der Waals surface area contributed by atoms with Gasteiger partial charge in [-0.05, 0) is 19.8 Å². The molecule has 0 aliphatic carbocycles. The molecule has 0 spiro atoms. The quantitative estimate of drug-likeness (QED) is 0.743. The standard InChI is InChI=1S/C12H19N3O3S/c1-8(6-9(16)17)7-14-11(18)15-12(2,3)10-13-4-5-19-10/h4-5,8H,6-7H2,1-3H3,(H,16,17)(H2,14,15,18). The highest BCUT2D eigenvalue weighted by atomic mass is 32.1. The molecule has 0 saturated heterocycles. The Morgan fingerprint density at radius 3 is 2.74 bits per heavy atom. The predicted molar refractivity (Wildman–Crippen MR) is 73.1 cm³/mol. The molecule has 2 amide bonds. The highest BCUT2D eigenvalue weighted by Gasteiger charge is 2.25. The number of urea groups is 1. The number of hydrogen-bond acceptors (Lipinski definition) is 4. The second-order valence-electron chi connectivity index (χ2n) is 5.00. The first-order valence-electron chi connectivity index (χ1n) is 5.99. The fraction of sp³-hybridized carbons (Fsp3) is 0.583. The van der Waals surface area contributed by atoms with Crippen LogP contribution in [0.3, 0.4) is 0 Å². The molecule has 1 aromatic rings. The maximum atomic E-state index is 11.8. The highest BCUT2D eigenvalue weighted by Crippen LogP contribution is 2.21. The molecule has 3 N–H and O–H groups in total. The molecule has 1 atom stereocenters. The van der Waals surface area contributed by atoms with E-state index in [0.717, 1.165) is 5.01 Å². The first-order valence-corrected chi connectivity index (χ1v) is 6.87. The zero-order valence-electron chi connectivity index (χ0n) is 11.3. The van der Waals surface area contributed by atoms with Gasteiger partial charge in [0.2, 0.25) is 0 Å². The molecule has 0 bridgehead atoms. The van der Waals surface area contributed by atoms with E-state index in [-0.39, 0.29) is 18.4 Å². The molecule has 106 valence electrons. The minimum atomic E-state index is -0.863. The molecule has 0 saturated carbocycles. The number of nitrogens with zero attached hydrogens (tertiary/aromatic N) is 1. The largest absolute Gasteiger partial charge is 0.481 e. The second kappa shape index (κ2) is 6.51. The van der Waals surface area contributed by atoms with E-state index < -0.39 is 11.5 Å². The molecular weight excluding hydrogens is 266 g/mol. The average molecular weight is 285 g/mol. The Kier molecular flexibility index (Phi) is 5.29. The van der Waals surface area contributed by atoms with Crippen LogP contribution in [0.25, 0.3) is 0 Å². The number of rotatable bonds is 6. The third-order valence-corrected chi connectivity index (χ3v) is 3.62. The molecule has 19 heavy (non-hydrogen) atoms. The first kappa shape index (κ1) is 15.4. The van der Waals surface area contributed by atoms with Crippen LogP contribution in [0.5, 0.6) is 0 Å². The lowest BCUT2D eigenvalue weighted by atomic mass is 10.1. The van der Waals surface area contributed by atoms with E-state index in [4.69, 9.17) is 5.11 Å². The van der Waals surface area contributed by atoms with Crippen LogP contribution in [0.1, 0.15) is 32.2 Å². The Morgan fingerprint density at radius 1 is 1.53 bits per heavy atom. The first-order chi connectivity index (χ1) is 8.81. The summed E-state index contributed by atoms with van der Waals surface area (Å²) < 4.78 is 0. The minimum absolute atomic E-state index is 0.0379. The van der Waals surface area contributed by atoms with Gasteiger partial charge in [0.15, 0.2) is 0 Å². The molecule has 1 rings (SSSR count). The van der Waals surface area contributed by atoms with Crippen molar-refractivity contribution in [2.24, 2.45) is 5.92 Å². The van der Waals surface area contributed by atoms with Crippen molar-refractivity contribution in [3.05, 3.63) is 16.6 Å². The van der Waals surface area contributed by atoms with Gasteiger partial charge in [-0.3, -0.25) is 4.79 Å². The number of hydrogen-bond donors (Lipinski definition) is 3. The number of aromatic nitrogens is 1. The summed E-state index contributed by atoms with van der Waals surface area (Å²) in [5.74, 6) is -0.968. The Hall–Kier alpha value is -1.63.